The second-order valence-corrected chi connectivity index (χ2v) is 2.76. The molecule has 0 aliphatic rings. The third-order valence-corrected chi connectivity index (χ3v) is 1.63. The molecule has 7 nitrogen and oxygen atoms in total. The number of aliphatic hydroxyl groups is 5. The maximum Gasteiger partial charge on any atom is 0.332 e. The van der Waals surface area contributed by atoms with Crippen molar-refractivity contribution in [3.63, 3.8) is 0 Å². The summed E-state index contributed by atoms with van der Waals surface area (Å²) in [5.41, 5.74) is 0. The van der Waals surface area contributed by atoms with Crippen molar-refractivity contribution in [3.8, 4) is 0 Å². The normalized spacial score (nSPS) is 18.7. The van der Waals surface area contributed by atoms with Gasteiger partial charge in [-0.2, -0.15) is 0 Å². The molecule has 1 unspecified atom stereocenters. The van der Waals surface area contributed by atoms with Crippen molar-refractivity contribution in [1.29, 1.82) is 0 Å². The van der Waals surface area contributed by atoms with E-state index in [1.807, 2.05) is 0 Å². The molecule has 0 aliphatic carbocycles. The maximum absolute atomic E-state index is 10.6. The van der Waals surface area contributed by atoms with E-state index >= 15 is 0 Å². The van der Waals surface area contributed by atoms with Crippen LogP contribution in [-0.4, -0.2) is 62.7 Å². The zero-order chi connectivity index (χ0) is 12.0. The molecule has 0 spiro atoms. The summed E-state index contributed by atoms with van der Waals surface area (Å²) in [6.07, 6.45) is -6.65. The molecule has 0 aromatic heterocycles. The lowest BCUT2D eigenvalue weighted by Crippen LogP contribution is -2.47. The number of carbonyl (C=O) groups is 1. The van der Waals surface area contributed by atoms with Gasteiger partial charge >= 0.3 is 5.97 Å². The lowest BCUT2D eigenvalue weighted by atomic mass is 10.1. The van der Waals surface area contributed by atoms with E-state index in [4.69, 9.17) is 25.5 Å². The predicted molar refractivity (Wildman–Crippen MR) is 47.4 cm³/mol. The molecule has 0 radical (unpaired) electrons. The molecule has 15 heavy (non-hydrogen) atoms. The fourth-order valence-electron chi connectivity index (χ4n) is 0.741. The molecule has 0 heterocycles. The van der Waals surface area contributed by atoms with Gasteiger partial charge in [0.1, 0.15) is 18.3 Å². The van der Waals surface area contributed by atoms with Crippen LogP contribution in [0.25, 0.3) is 0 Å². The predicted octanol–water partition coefficient (Wildman–Crippen LogP) is -2.89. The van der Waals surface area contributed by atoms with Crippen LogP contribution in [0.15, 0.2) is 12.7 Å². The van der Waals surface area contributed by atoms with E-state index in [2.05, 4.69) is 11.3 Å². The summed E-state index contributed by atoms with van der Waals surface area (Å²) < 4.78 is 4.17. The summed E-state index contributed by atoms with van der Waals surface area (Å²) in [5.74, 6) is -0.993. The second kappa shape index (κ2) is 6.49. The van der Waals surface area contributed by atoms with Crippen molar-refractivity contribution < 1.29 is 35.1 Å². The van der Waals surface area contributed by atoms with Crippen LogP contribution in [0.1, 0.15) is 0 Å². The molecule has 0 fully saturated rings. The highest BCUT2D eigenvalue weighted by molar-refractivity contribution is 5.81. The SMILES string of the molecule is C=CC(=O)OC(O)[C@@H](O)[C@H](O)[C@H](O)CO. The molecule has 0 aromatic rings. The lowest BCUT2D eigenvalue weighted by molar-refractivity contribution is -0.205. The molecule has 7 heteroatoms. The Bertz CT molecular complexity index is 217. The smallest absolute Gasteiger partial charge is 0.332 e. The van der Waals surface area contributed by atoms with E-state index in [9.17, 15) is 4.79 Å². The van der Waals surface area contributed by atoms with Crippen LogP contribution in [0.5, 0.6) is 0 Å². The fraction of sp³-hybridized carbons (Fsp3) is 0.625. The topological polar surface area (TPSA) is 127 Å². The van der Waals surface area contributed by atoms with E-state index in [1.54, 1.807) is 0 Å². The summed E-state index contributed by atoms with van der Waals surface area (Å²) in [4.78, 5) is 10.6. The van der Waals surface area contributed by atoms with E-state index in [0.717, 1.165) is 6.08 Å². The van der Waals surface area contributed by atoms with Crippen LogP contribution in [0, 0.1) is 0 Å². The number of esters is 1. The first kappa shape index (κ1) is 14.0. The maximum atomic E-state index is 10.6. The van der Waals surface area contributed by atoms with Crippen LogP contribution < -0.4 is 0 Å². The number of rotatable bonds is 6. The van der Waals surface area contributed by atoms with Crippen LogP contribution >= 0.6 is 0 Å². The highest BCUT2D eigenvalue weighted by atomic mass is 16.6. The molecule has 0 amide bonds. The molecule has 0 rings (SSSR count). The molecule has 0 saturated heterocycles. The van der Waals surface area contributed by atoms with Gasteiger partial charge in [0.2, 0.25) is 6.29 Å². The standard InChI is InChI=1S/C8H14O7/c1-2-5(11)15-8(14)7(13)6(12)4(10)3-9/h2,4,6-10,12-14H,1,3H2/t4-,6-,7+,8?/m1/s1. The summed E-state index contributed by atoms with van der Waals surface area (Å²) >= 11 is 0. The molecular weight excluding hydrogens is 208 g/mol. The Morgan fingerprint density at radius 1 is 1.27 bits per heavy atom. The molecule has 4 atom stereocenters. The first-order chi connectivity index (χ1) is 6.93. The molecular formula is C8H14O7. The Morgan fingerprint density at radius 3 is 2.20 bits per heavy atom. The molecule has 0 aromatic carbocycles. The Morgan fingerprint density at radius 2 is 1.80 bits per heavy atom. The number of aliphatic hydroxyl groups excluding tert-OH is 5. The van der Waals surface area contributed by atoms with Crippen LogP contribution in [0.3, 0.4) is 0 Å². The van der Waals surface area contributed by atoms with E-state index in [1.165, 1.54) is 0 Å². The molecule has 5 N–H and O–H groups in total. The summed E-state index contributed by atoms with van der Waals surface area (Å²) in [6, 6.07) is 0. The molecule has 0 saturated carbocycles. The largest absolute Gasteiger partial charge is 0.430 e. The van der Waals surface area contributed by atoms with E-state index < -0.39 is 37.2 Å². The number of carbonyl (C=O) groups excluding carboxylic acids is 1. The van der Waals surface area contributed by atoms with Gasteiger partial charge in [-0.25, -0.2) is 4.79 Å². The number of hydrogen-bond acceptors (Lipinski definition) is 7. The summed E-state index contributed by atoms with van der Waals surface area (Å²) in [7, 11) is 0. The monoisotopic (exact) mass is 222 g/mol. The Labute approximate surface area is 85.9 Å². The Hall–Kier alpha value is -0.990. The lowest BCUT2D eigenvalue weighted by Gasteiger charge is -2.24. The van der Waals surface area contributed by atoms with Crippen molar-refractivity contribution in [2.24, 2.45) is 0 Å². The van der Waals surface area contributed by atoms with Gasteiger partial charge in [0.05, 0.1) is 6.61 Å². The summed E-state index contributed by atoms with van der Waals surface area (Å²) in [5, 5.41) is 44.6. The minimum absolute atomic E-state index is 0.755. The van der Waals surface area contributed by atoms with Crippen molar-refractivity contribution >= 4 is 5.97 Å². The van der Waals surface area contributed by atoms with Crippen molar-refractivity contribution in [1.82, 2.24) is 0 Å². The van der Waals surface area contributed by atoms with Crippen molar-refractivity contribution in [2.75, 3.05) is 6.61 Å². The average Bonchev–Trinajstić information content (AvgIpc) is 2.25. The van der Waals surface area contributed by atoms with Gasteiger partial charge in [-0.15, -0.1) is 0 Å². The fourth-order valence-corrected chi connectivity index (χ4v) is 0.741. The van der Waals surface area contributed by atoms with Gasteiger partial charge in [-0.3, -0.25) is 0 Å². The Balaban J connectivity index is 4.23. The highest BCUT2D eigenvalue weighted by Crippen LogP contribution is 2.06. The van der Waals surface area contributed by atoms with Gasteiger partial charge in [-0.05, 0) is 0 Å². The third-order valence-electron chi connectivity index (χ3n) is 1.63. The first-order valence-corrected chi connectivity index (χ1v) is 4.10. The minimum atomic E-state index is -2.01. The minimum Gasteiger partial charge on any atom is -0.430 e. The quantitative estimate of drug-likeness (QED) is 0.185. The molecule has 0 bridgehead atoms. The van der Waals surface area contributed by atoms with Crippen LogP contribution in [0.2, 0.25) is 0 Å². The molecule has 0 aliphatic heterocycles. The van der Waals surface area contributed by atoms with Gasteiger partial charge < -0.3 is 30.3 Å². The summed E-state index contributed by atoms with van der Waals surface area (Å²) in [6.45, 7) is 2.24. The third kappa shape index (κ3) is 4.36. The van der Waals surface area contributed by atoms with Gasteiger partial charge in [0.25, 0.3) is 0 Å². The number of ether oxygens (including phenoxy) is 1. The van der Waals surface area contributed by atoms with E-state index in [0.29, 0.717) is 0 Å². The van der Waals surface area contributed by atoms with Crippen molar-refractivity contribution in [2.45, 2.75) is 24.6 Å². The van der Waals surface area contributed by atoms with Gasteiger partial charge in [-0.1, -0.05) is 6.58 Å². The second-order valence-electron chi connectivity index (χ2n) is 2.76. The van der Waals surface area contributed by atoms with E-state index in [-0.39, 0.29) is 0 Å². The number of hydrogen-bond donors (Lipinski definition) is 5. The van der Waals surface area contributed by atoms with Crippen LogP contribution in [-0.2, 0) is 9.53 Å². The molecule has 88 valence electrons. The highest BCUT2D eigenvalue weighted by Gasteiger charge is 2.31. The average molecular weight is 222 g/mol. The van der Waals surface area contributed by atoms with Crippen LogP contribution in [0.4, 0.5) is 0 Å². The zero-order valence-electron chi connectivity index (χ0n) is 7.85. The first-order valence-electron chi connectivity index (χ1n) is 4.10. The zero-order valence-corrected chi connectivity index (χ0v) is 7.85. The van der Waals surface area contributed by atoms with Crippen molar-refractivity contribution in [3.05, 3.63) is 12.7 Å². The van der Waals surface area contributed by atoms with Gasteiger partial charge in [0.15, 0.2) is 0 Å². The Kier molecular flexibility index (Phi) is 6.06. The van der Waals surface area contributed by atoms with Gasteiger partial charge in [0, 0.05) is 6.08 Å².